The summed E-state index contributed by atoms with van der Waals surface area (Å²) in [6, 6.07) is 4.39. The standard InChI is InChI=1S/C11H12ClFO2/c1-7(6-14)11(12)9-4-3-8(15-2)5-10(9)13/h3-5,14H,6H2,1-2H3/b11-7+. The lowest BCUT2D eigenvalue weighted by Gasteiger charge is -2.06. The Labute approximate surface area is 92.9 Å². The fourth-order valence-electron chi connectivity index (χ4n) is 1.10. The lowest BCUT2D eigenvalue weighted by Crippen LogP contribution is -1.93. The molecule has 15 heavy (non-hydrogen) atoms. The fraction of sp³-hybridized carbons (Fsp3) is 0.273. The number of hydrogen-bond donors (Lipinski definition) is 1. The summed E-state index contributed by atoms with van der Waals surface area (Å²) in [7, 11) is 1.46. The minimum absolute atomic E-state index is 0.190. The molecule has 0 radical (unpaired) electrons. The Morgan fingerprint density at radius 1 is 1.53 bits per heavy atom. The summed E-state index contributed by atoms with van der Waals surface area (Å²) >= 11 is 5.90. The van der Waals surface area contributed by atoms with Gasteiger partial charge in [-0.15, -0.1) is 0 Å². The van der Waals surface area contributed by atoms with E-state index in [1.807, 2.05) is 0 Å². The van der Waals surface area contributed by atoms with Crippen molar-refractivity contribution >= 4 is 16.6 Å². The van der Waals surface area contributed by atoms with Crippen LogP contribution < -0.4 is 4.74 Å². The normalized spacial score (nSPS) is 12.3. The van der Waals surface area contributed by atoms with Gasteiger partial charge in [-0.3, -0.25) is 0 Å². The highest BCUT2D eigenvalue weighted by atomic mass is 35.5. The van der Waals surface area contributed by atoms with Gasteiger partial charge in [0, 0.05) is 11.6 Å². The monoisotopic (exact) mass is 230 g/mol. The number of rotatable bonds is 3. The highest BCUT2D eigenvalue weighted by Gasteiger charge is 2.09. The molecule has 1 rings (SSSR count). The smallest absolute Gasteiger partial charge is 0.135 e. The van der Waals surface area contributed by atoms with Crippen LogP contribution in [0.2, 0.25) is 0 Å². The third-order valence-electron chi connectivity index (χ3n) is 2.02. The van der Waals surface area contributed by atoms with Gasteiger partial charge in [0.25, 0.3) is 0 Å². The van der Waals surface area contributed by atoms with Crippen molar-refractivity contribution in [1.29, 1.82) is 0 Å². The number of ether oxygens (including phenoxy) is 1. The minimum Gasteiger partial charge on any atom is -0.497 e. The molecule has 1 aromatic carbocycles. The van der Waals surface area contributed by atoms with Crippen molar-refractivity contribution in [3.63, 3.8) is 0 Å². The van der Waals surface area contributed by atoms with Crippen molar-refractivity contribution in [3.05, 3.63) is 35.2 Å². The van der Waals surface area contributed by atoms with Crippen molar-refractivity contribution in [2.45, 2.75) is 6.92 Å². The van der Waals surface area contributed by atoms with Crippen molar-refractivity contribution in [2.75, 3.05) is 13.7 Å². The molecule has 0 bridgehead atoms. The maximum atomic E-state index is 13.5. The molecule has 1 N–H and O–H groups in total. The Morgan fingerprint density at radius 3 is 2.67 bits per heavy atom. The van der Waals surface area contributed by atoms with E-state index in [1.165, 1.54) is 19.2 Å². The average Bonchev–Trinajstić information content (AvgIpc) is 2.26. The number of methoxy groups -OCH3 is 1. The number of halogens is 2. The van der Waals surface area contributed by atoms with Gasteiger partial charge in [0.15, 0.2) is 0 Å². The third kappa shape index (κ3) is 2.70. The highest BCUT2D eigenvalue weighted by molar-refractivity contribution is 6.49. The van der Waals surface area contributed by atoms with Crippen LogP contribution in [0.25, 0.3) is 5.03 Å². The van der Waals surface area contributed by atoms with Gasteiger partial charge in [0.2, 0.25) is 0 Å². The molecular weight excluding hydrogens is 219 g/mol. The topological polar surface area (TPSA) is 29.5 Å². The Morgan fingerprint density at radius 2 is 2.20 bits per heavy atom. The average molecular weight is 231 g/mol. The van der Waals surface area contributed by atoms with Gasteiger partial charge in [-0.25, -0.2) is 4.39 Å². The minimum atomic E-state index is -0.466. The maximum Gasteiger partial charge on any atom is 0.135 e. The summed E-state index contributed by atoms with van der Waals surface area (Å²) in [5.41, 5.74) is 0.796. The first kappa shape index (κ1) is 12.0. The van der Waals surface area contributed by atoms with Crippen LogP contribution in [0.4, 0.5) is 4.39 Å². The molecule has 1 aromatic rings. The second kappa shape index (κ2) is 5.14. The second-order valence-corrected chi connectivity index (χ2v) is 3.48. The van der Waals surface area contributed by atoms with Crippen LogP contribution in [-0.2, 0) is 0 Å². The van der Waals surface area contributed by atoms with Gasteiger partial charge in [-0.1, -0.05) is 11.6 Å². The van der Waals surface area contributed by atoms with Gasteiger partial charge in [0.1, 0.15) is 11.6 Å². The van der Waals surface area contributed by atoms with E-state index < -0.39 is 5.82 Å². The molecule has 0 atom stereocenters. The van der Waals surface area contributed by atoms with Gasteiger partial charge in [0.05, 0.1) is 18.7 Å². The summed E-state index contributed by atoms with van der Waals surface area (Å²) in [6.07, 6.45) is 0. The molecule has 0 saturated carbocycles. The first-order valence-electron chi connectivity index (χ1n) is 4.40. The van der Waals surface area contributed by atoms with Crippen LogP contribution >= 0.6 is 11.6 Å². The Hall–Kier alpha value is -1.06. The van der Waals surface area contributed by atoms with E-state index in [2.05, 4.69) is 0 Å². The third-order valence-corrected chi connectivity index (χ3v) is 2.55. The molecule has 0 saturated heterocycles. The molecule has 0 aliphatic heterocycles. The zero-order valence-electron chi connectivity index (χ0n) is 8.55. The SMILES string of the molecule is COc1ccc(/C(Cl)=C(/C)CO)c(F)c1. The second-order valence-electron chi connectivity index (χ2n) is 3.10. The van der Waals surface area contributed by atoms with Crippen LogP contribution in [0.3, 0.4) is 0 Å². The maximum absolute atomic E-state index is 13.5. The van der Waals surface area contributed by atoms with Gasteiger partial charge in [-0.2, -0.15) is 0 Å². The highest BCUT2D eigenvalue weighted by Crippen LogP contribution is 2.27. The lowest BCUT2D eigenvalue weighted by molar-refractivity contribution is 0.332. The molecule has 0 aliphatic carbocycles. The molecule has 4 heteroatoms. The molecule has 82 valence electrons. The van der Waals surface area contributed by atoms with Crippen molar-refractivity contribution in [1.82, 2.24) is 0 Å². The quantitative estimate of drug-likeness (QED) is 0.865. The number of aliphatic hydroxyl groups is 1. The first-order chi connectivity index (χ1) is 7.10. The summed E-state index contributed by atoms with van der Waals surface area (Å²) in [5, 5.41) is 9.10. The van der Waals surface area contributed by atoms with E-state index in [0.29, 0.717) is 11.3 Å². The van der Waals surface area contributed by atoms with Crippen LogP contribution in [0.5, 0.6) is 5.75 Å². The van der Waals surface area contributed by atoms with Gasteiger partial charge >= 0.3 is 0 Å². The molecule has 0 fully saturated rings. The number of hydrogen-bond acceptors (Lipinski definition) is 2. The van der Waals surface area contributed by atoms with Crippen LogP contribution in [0.15, 0.2) is 23.8 Å². The molecule has 0 unspecified atom stereocenters. The summed E-state index contributed by atoms with van der Waals surface area (Å²) in [5.74, 6) is -0.0329. The summed E-state index contributed by atoms with van der Waals surface area (Å²) < 4.78 is 18.4. The van der Waals surface area contributed by atoms with Gasteiger partial charge < -0.3 is 9.84 Å². The Bertz CT molecular complexity index is 388. The van der Waals surface area contributed by atoms with E-state index in [1.54, 1.807) is 13.0 Å². The van der Waals surface area contributed by atoms with Crippen molar-refractivity contribution < 1.29 is 14.2 Å². The zero-order chi connectivity index (χ0) is 11.4. The zero-order valence-corrected chi connectivity index (χ0v) is 9.31. The summed E-state index contributed by atoms with van der Waals surface area (Å²) in [6.45, 7) is 1.45. The molecule has 0 aliphatic rings. The largest absolute Gasteiger partial charge is 0.497 e. The van der Waals surface area contributed by atoms with E-state index in [9.17, 15) is 4.39 Å². The predicted octanol–water partition coefficient (Wildman–Crippen LogP) is 2.80. The summed E-state index contributed by atoms with van der Waals surface area (Å²) in [4.78, 5) is 0. The number of benzene rings is 1. The molecule has 0 heterocycles. The molecule has 0 spiro atoms. The number of aliphatic hydroxyl groups excluding tert-OH is 1. The molecular formula is C11H12ClFO2. The lowest BCUT2D eigenvalue weighted by atomic mass is 10.1. The van der Waals surface area contributed by atoms with E-state index in [0.717, 1.165) is 0 Å². The van der Waals surface area contributed by atoms with Crippen LogP contribution in [0, 0.1) is 5.82 Å². The van der Waals surface area contributed by atoms with E-state index in [-0.39, 0.29) is 17.2 Å². The Balaban J connectivity index is 3.17. The molecule has 2 nitrogen and oxygen atoms in total. The van der Waals surface area contributed by atoms with Crippen molar-refractivity contribution in [2.24, 2.45) is 0 Å². The predicted molar refractivity (Wildman–Crippen MR) is 58.5 cm³/mol. The van der Waals surface area contributed by atoms with Crippen LogP contribution in [0.1, 0.15) is 12.5 Å². The van der Waals surface area contributed by atoms with E-state index in [4.69, 9.17) is 21.4 Å². The molecule has 0 amide bonds. The Kier molecular flexibility index (Phi) is 4.12. The molecule has 0 aromatic heterocycles. The first-order valence-corrected chi connectivity index (χ1v) is 4.78. The van der Waals surface area contributed by atoms with Gasteiger partial charge in [-0.05, 0) is 24.6 Å². The van der Waals surface area contributed by atoms with Crippen LogP contribution in [-0.4, -0.2) is 18.8 Å². The van der Waals surface area contributed by atoms with Crippen molar-refractivity contribution in [3.8, 4) is 5.75 Å². The van der Waals surface area contributed by atoms with E-state index >= 15 is 0 Å². The fourth-order valence-corrected chi connectivity index (χ4v) is 1.31.